The highest BCUT2D eigenvalue weighted by Gasteiger charge is 2.33. The van der Waals surface area contributed by atoms with Gasteiger partial charge in [-0.3, -0.25) is 4.57 Å². The summed E-state index contributed by atoms with van der Waals surface area (Å²) in [5.74, 6) is 0.558. The Labute approximate surface area is 106 Å². The first kappa shape index (κ1) is 11.5. The molecule has 3 rings (SSSR count). The second-order valence-corrected chi connectivity index (χ2v) is 4.84. The zero-order chi connectivity index (χ0) is 12.7. The Bertz CT molecular complexity index is 572. The maximum atomic E-state index is 6.00. The molecule has 0 aromatic carbocycles. The largest absolute Gasteiger partial charge is 0.378 e. The van der Waals surface area contributed by atoms with Crippen LogP contribution in [0.25, 0.3) is 11.2 Å². The van der Waals surface area contributed by atoms with Gasteiger partial charge in [0.15, 0.2) is 5.65 Å². The molecule has 2 aromatic rings. The van der Waals surface area contributed by atoms with Gasteiger partial charge in [-0.25, -0.2) is 9.97 Å². The summed E-state index contributed by atoms with van der Waals surface area (Å²) in [7, 11) is 0. The van der Waals surface area contributed by atoms with Crippen LogP contribution in [0.15, 0.2) is 12.1 Å². The third kappa shape index (κ3) is 1.75. The fourth-order valence-corrected chi connectivity index (χ4v) is 2.57. The van der Waals surface area contributed by atoms with E-state index in [9.17, 15) is 0 Å². The predicted octanol–water partition coefficient (Wildman–Crippen LogP) is 2.06. The Morgan fingerprint density at radius 2 is 2.17 bits per heavy atom. The molecule has 0 radical (unpaired) electrons. The molecule has 96 valence electrons. The molecule has 1 aliphatic carbocycles. The molecule has 5 heteroatoms. The van der Waals surface area contributed by atoms with E-state index in [-0.39, 0.29) is 0 Å². The van der Waals surface area contributed by atoms with Crippen LogP contribution in [0.1, 0.15) is 31.5 Å². The fourth-order valence-electron chi connectivity index (χ4n) is 2.57. The van der Waals surface area contributed by atoms with Crippen molar-refractivity contribution in [3.05, 3.63) is 17.8 Å². The zero-order valence-corrected chi connectivity index (χ0v) is 10.8. The smallest absolute Gasteiger partial charge is 0.202 e. The number of ether oxygens (including phenoxy) is 1. The van der Waals surface area contributed by atoms with E-state index in [1.54, 1.807) is 0 Å². The van der Waals surface area contributed by atoms with E-state index in [2.05, 4.69) is 14.5 Å². The van der Waals surface area contributed by atoms with Crippen molar-refractivity contribution in [3.63, 3.8) is 0 Å². The summed E-state index contributed by atoms with van der Waals surface area (Å²) >= 11 is 0. The Morgan fingerprint density at radius 1 is 1.39 bits per heavy atom. The van der Waals surface area contributed by atoms with Gasteiger partial charge in [0.1, 0.15) is 5.52 Å². The number of nitrogens with two attached hydrogens (primary N) is 1. The minimum absolute atomic E-state index is 0.363. The van der Waals surface area contributed by atoms with Gasteiger partial charge in [0.05, 0.1) is 6.10 Å². The number of anilines is 1. The molecule has 1 saturated carbocycles. The van der Waals surface area contributed by atoms with E-state index in [0.717, 1.165) is 36.3 Å². The first-order valence-electron chi connectivity index (χ1n) is 6.41. The van der Waals surface area contributed by atoms with E-state index in [4.69, 9.17) is 10.5 Å². The third-order valence-electron chi connectivity index (χ3n) is 3.54. The Hall–Kier alpha value is -1.62. The monoisotopic (exact) mass is 246 g/mol. The standard InChI is InChI=1S/C13H18N4O/c1-3-18-10-6-9(7-10)17-12-11(16-13(17)14)5-4-8(2)15-12/h4-5,9-10H,3,6-7H2,1-2H3,(H2,14,16). The highest BCUT2D eigenvalue weighted by molar-refractivity contribution is 5.74. The van der Waals surface area contributed by atoms with Gasteiger partial charge in [0.2, 0.25) is 5.95 Å². The maximum Gasteiger partial charge on any atom is 0.202 e. The molecule has 2 heterocycles. The van der Waals surface area contributed by atoms with E-state index in [1.165, 1.54) is 0 Å². The van der Waals surface area contributed by atoms with Crippen LogP contribution in [-0.2, 0) is 4.74 Å². The van der Waals surface area contributed by atoms with Crippen LogP contribution in [-0.4, -0.2) is 27.2 Å². The first-order valence-corrected chi connectivity index (χ1v) is 6.41. The van der Waals surface area contributed by atoms with Crippen LogP contribution in [0.4, 0.5) is 5.95 Å². The van der Waals surface area contributed by atoms with E-state index >= 15 is 0 Å². The highest BCUT2D eigenvalue weighted by atomic mass is 16.5. The van der Waals surface area contributed by atoms with E-state index < -0.39 is 0 Å². The van der Waals surface area contributed by atoms with E-state index in [1.807, 2.05) is 26.0 Å². The van der Waals surface area contributed by atoms with Crippen LogP contribution >= 0.6 is 0 Å². The van der Waals surface area contributed by atoms with Crippen molar-refractivity contribution in [2.75, 3.05) is 12.3 Å². The van der Waals surface area contributed by atoms with Gasteiger partial charge in [0.25, 0.3) is 0 Å². The lowest BCUT2D eigenvalue weighted by Crippen LogP contribution is -2.34. The van der Waals surface area contributed by atoms with Crippen LogP contribution in [0.3, 0.4) is 0 Å². The molecule has 0 saturated heterocycles. The number of fused-ring (bicyclic) bond motifs is 1. The molecular formula is C13H18N4O. The molecule has 0 spiro atoms. The Kier molecular flexibility index (Phi) is 2.70. The average Bonchev–Trinajstić information content (AvgIpc) is 2.59. The van der Waals surface area contributed by atoms with Crippen molar-refractivity contribution in [2.24, 2.45) is 0 Å². The molecule has 0 amide bonds. The van der Waals surface area contributed by atoms with Gasteiger partial charge < -0.3 is 10.5 Å². The van der Waals surface area contributed by atoms with Crippen LogP contribution in [0.5, 0.6) is 0 Å². The summed E-state index contributed by atoms with van der Waals surface area (Å²) in [5, 5.41) is 0. The molecule has 2 N–H and O–H groups in total. The molecule has 1 aliphatic rings. The summed E-state index contributed by atoms with van der Waals surface area (Å²) in [6.45, 7) is 4.78. The summed E-state index contributed by atoms with van der Waals surface area (Å²) < 4.78 is 7.64. The SMILES string of the molecule is CCOC1CC(n2c(N)nc3ccc(C)nc32)C1. The summed E-state index contributed by atoms with van der Waals surface area (Å²) in [6, 6.07) is 4.31. The summed E-state index contributed by atoms with van der Waals surface area (Å²) in [4.78, 5) is 8.92. The van der Waals surface area contributed by atoms with Crippen LogP contribution < -0.4 is 5.73 Å². The van der Waals surface area contributed by atoms with Crippen LogP contribution in [0.2, 0.25) is 0 Å². The average molecular weight is 246 g/mol. The number of aromatic nitrogens is 3. The lowest BCUT2D eigenvalue weighted by atomic mass is 9.89. The van der Waals surface area contributed by atoms with Crippen molar-refractivity contribution >= 4 is 17.1 Å². The maximum absolute atomic E-state index is 6.00. The Balaban J connectivity index is 1.92. The van der Waals surface area contributed by atoms with Gasteiger partial charge in [-0.1, -0.05) is 0 Å². The molecular weight excluding hydrogens is 228 g/mol. The van der Waals surface area contributed by atoms with Crippen molar-refractivity contribution in [1.82, 2.24) is 14.5 Å². The molecule has 2 aromatic heterocycles. The van der Waals surface area contributed by atoms with Gasteiger partial charge in [0, 0.05) is 18.3 Å². The number of imidazole rings is 1. The minimum Gasteiger partial charge on any atom is -0.378 e. The highest BCUT2D eigenvalue weighted by Crippen LogP contribution is 2.37. The molecule has 18 heavy (non-hydrogen) atoms. The number of aryl methyl sites for hydroxylation is 1. The predicted molar refractivity (Wildman–Crippen MR) is 70.4 cm³/mol. The number of rotatable bonds is 3. The van der Waals surface area contributed by atoms with Gasteiger partial charge >= 0.3 is 0 Å². The van der Waals surface area contributed by atoms with Crippen molar-refractivity contribution in [3.8, 4) is 0 Å². The summed E-state index contributed by atoms with van der Waals surface area (Å²) in [6.07, 6.45) is 2.36. The molecule has 0 atom stereocenters. The number of nitrogens with zero attached hydrogens (tertiary/aromatic N) is 3. The molecule has 0 aliphatic heterocycles. The normalized spacial score (nSPS) is 23.2. The van der Waals surface area contributed by atoms with Crippen molar-refractivity contribution in [1.29, 1.82) is 0 Å². The zero-order valence-electron chi connectivity index (χ0n) is 10.8. The van der Waals surface area contributed by atoms with Gasteiger partial charge in [-0.2, -0.15) is 0 Å². The first-order chi connectivity index (χ1) is 8.69. The van der Waals surface area contributed by atoms with Crippen molar-refractivity contribution in [2.45, 2.75) is 38.8 Å². The quantitative estimate of drug-likeness (QED) is 0.900. The van der Waals surface area contributed by atoms with Gasteiger partial charge in [-0.05, 0) is 38.8 Å². The van der Waals surface area contributed by atoms with Gasteiger partial charge in [-0.15, -0.1) is 0 Å². The second kappa shape index (κ2) is 4.24. The number of hydrogen-bond donors (Lipinski definition) is 1. The molecule has 0 bridgehead atoms. The molecule has 1 fully saturated rings. The second-order valence-electron chi connectivity index (χ2n) is 4.84. The third-order valence-corrected chi connectivity index (χ3v) is 3.54. The van der Waals surface area contributed by atoms with Crippen molar-refractivity contribution < 1.29 is 4.74 Å². The number of hydrogen-bond acceptors (Lipinski definition) is 4. The summed E-state index contributed by atoms with van der Waals surface area (Å²) in [5.41, 5.74) is 8.76. The molecule has 0 unspecified atom stereocenters. The number of pyridine rings is 1. The molecule has 5 nitrogen and oxygen atoms in total. The minimum atomic E-state index is 0.363. The Morgan fingerprint density at radius 3 is 2.89 bits per heavy atom. The fraction of sp³-hybridized carbons (Fsp3) is 0.538. The number of nitrogen functional groups attached to an aromatic ring is 1. The lowest BCUT2D eigenvalue weighted by molar-refractivity contribution is -0.0183. The lowest BCUT2D eigenvalue weighted by Gasteiger charge is -2.36. The van der Waals surface area contributed by atoms with E-state index in [0.29, 0.717) is 18.1 Å². The topological polar surface area (TPSA) is 66.0 Å². The van der Waals surface area contributed by atoms with Crippen LogP contribution in [0, 0.1) is 6.92 Å².